The summed E-state index contributed by atoms with van der Waals surface area (Å²) in [4.78, 5) is 39.1. The van der Waals surface area contributed by atoms with Crippen molar-refractivity contribution in [1.29, 1.82) is 0 Å². The van der Waals surface area contributed by atoms with Crippen molar-refractivity contribution in [2.75, 3.05) is 69.5 Å². The van der Waals surface area contributed by atoms with Crippen LogP contribution in [-0.2, 0) is 37.9 Å². The summed E-state index contributed by atoms with van der Waals surface area (Å²) in [6.07, 6.45) is -1.25. The number of benzene rings is 1. The topological polar surface area (TPSA) is 141 Å². The molecule has 4 rings (SSSR count). The maximum atomic E-state index is 11.7. The Morgan fingerprint density at radius 3 is 1.93 bits per heavy atom. The number of hydrogen-bond acceptors (Lipinski definition) is 14. The normalized spacial score (nSPS) is 22.2. The monoisotopic (exact) mass is 592 g/mol. The first kappa shape index (κ1) is 30.6. The summed E-state index contributed by atoms with van der Waals surface area (Å²) in [5.41, 5.74) is 1.36. The van der Waals surface area contributed by atoms with Gasteiger partial charge in [0.25, 0.3) is 0 Å². The minimum atomic E-state index is -0.759. The minimum Gasteiger partial charge on any atom is -0.494 e. The lowest BCUT2D eigenvalue weighted by Crippen LogP contribution is -2.44. The van der Waals surface area contributed by atoms with Gasteiger partial charge in [-0.25, -0.2) is 14.4 Å². The van der Waals surface area contributed by atoms with Crippen LogP contribution >= 0.6 is 0 Å². The highest BCUT2D eigenvalue weighted by molar-refractivity contribution is 5.74. The molecule has 0 saturated carbocycles. The van der Waals surface area contributed by atoms with Crippen LogP contribution in [0.1, 0.15) is 13.8 Å². The molecule has 0 aromatic heterocycles. The van der Waals surface area contributed by atoms with E-state index in [1.54, 1.807) is 7.11 Å². The summed E-state index contributed by atoms with van der Waals surface area (Å²) in [7, 11) is 1.56. The van der Waals surface area contributed by atoms with Crippen molar-refractivity contribution in [2.24, 2.45) is 0 Å². The van der Waals surface area contributed by atoms with Gasteiger partial charge in [0.15, 0.2) is 18.3 Å². The van der Waals surface area contributed by atoms with Crippen LogP contribution in [0.4, 0.5) is 25.8 Å². The van der Waals surface area contributed by atoms with Crippen LogP contribution < -0.4 is 14.5 Å². The predicted molar refractivity (Wildman–Crippen MR) is 147 cm³/mol. The lowest BCUT2D eigenvalue weighted by Gasteiger charge is -2.36. The van der Waals surface area contributed by atoms with E-state index in [1.807, 2.05) is 47.9 Å². The second kappa shape index (κ2) is 14.5. The number of methoxy groups -OCH3 is 1. The number of hydrogen-bond donors (Lipinski definition) is 0. The molecule has 1 aromatic rings. The Kier molecular flexibility index (Phi) is 10.6. The first-order chi connectivity index (χ1) is 20.3. The molecule has 14 nitrogen and oxygen atoms in total. The van der Waals surface area contributed by atoms with Gasteiger partial charge in [-0.3, -0.25) is 0 Å². The second-order valence-electron chi connectivity index (χ2n) is 9.74. The van der Waals surface area contributed by atoms with Gasteiger partial charge < -0.3 is 52.4 Å². The van der Waals surface area contributed by atoms with Crippen LogP contribution in [0.2, 0.25) is 0 Å². The number of allylic oxidation sites excluding steroid dienone is 2. The lowest BCUT2D eigenvalue weighted by molar-refractivity contribution is 0.0549. The lowest BCUT2D eigenvalue weighted by atomic mass is 10.1. The number of cyclic esters (lactones) is 6. The average Bonchev–Trinajstić information content (AvgIpc) is 3.69. The molecule has 3 heterocycles. The summed E-state index contributed by atoms with van der Waals surface area (Å²) in [5, 5.41) is 0. The van der Waals surface area contributed by atoms with E-state index >= 15 is 0 Å². The van der Waals surface area contributed by atoms with E-state index in [4.69, 9.17) is 42.6 Å². The molecule has 0 bridgehead atoms. The van der Waals surface area contributed by atoms with Gasteiger partial charge in [-0.05, 0) is 32.1 Å². The van der Waals surface area contributed by atoms with E-state index in [2.05, 4.69) is 6.58 Å². The Morgan fingerprint density at radius 1 is 0.929 bits per heavy atom. The van der Waals surface area contributed by atoms with Crippen LogP contribution in [0.3, 0.4) is 0 Å². The van der Waals surface area contributed by atoms with Crippen LogP contribution in [0.5, 0.6) is 5.75 Å². The largest absolute Gasteiger partial charge is 0.508 e. The highest BCUT2D eigenvalue weighted by Crippen LogP contribution is 2.36. The maximum absolute atomic E-state index is 11.7. The van der Waals surface area contributed by atoms with Crippen LogP contribution in [0.15, 0.2) is 42.9 Å². The van der Waals surface area contributed by atoms with Crippen LogP contribution in [0.25, 0.3) is 0 Å². The standard InChI is InChI=1S/C28H36N2O12/c1-5-18(3)39-19-7-8-24(29(10-20(14-34-4)35-6-2)11-21-15-36-26(31)40-21)25(9-19)30(12-22-16-37-27(32)41-22)13-23-17-38-28(33)42-23/h5-9,20-23H,2,10-17H2,1,3-4H3/b18-5+. The molecule has 42 heavy (non-hydrogen) atoms. The van der Waals surface area contributed by atoms with Crippen molar-refractivity contribution in [1.82, 2.24) is 0 Å². The SMILES string of the molecule is C=COC(COC)CN(CC1COC(=O)O1)c1ccc(O/C(C)=C/C)cc1N(CC1COC(=O)O1)CC1COC(=O)O1. The third-order valence-corrected chi connectivity index (χ3v) is 6.60. The van der Waals surface area contributed by atoms with Crippen molar-refractivity contribution in [2.45, 2.75) is 38.3 Å². The number of rotatable bonds is 16. The second-order valence-corrected chi connectivity index (χ2v) is 9.74. The first-order valence-electron chi connectivity index (χ1n) is 13.5. The summed E-state index contributed by atoms with van der Waals surface area (Å²) < 4.78 is 48.2. The number of nitrogens with zero attached hydrogens (tertiary/aromatic N) is 2. The fourth-order valence-electron chi connectivity index (χ4n) is 4.68. The van der Waals surface area contributed by atoms with E-state index in [0.29, 0.717) is 29.4 Å². The summed E-state index contributed by atoms with van der Waals surface area (Å²) in [6.45, 7) is 8.80. The zero-order valence-electron chi connectivity index (χ0n) is 23.9. The van der Waals surface area contributed by atoms with Crippen molar-refractivity contribution in [3.05, 3.63) is 42.9 Å². The van der Waals surface area contributed by atoms with Crippen LogP contribution in [-0.4, -0.2) is 103 Å². The molecule has 230 valence electrons. The molecule has 0 aliphatic carbocycles. The number of ether oxygens (including phenoxy) is 9. The van der Waals surface area contributed by atoms with Gasteiger partial charge in [0.2, 0.25) is 0 Å². The first-order valence-corrected chi connectivity index (χ1v) is 13.5. The quantitative estimate of drug-likeness (QED) is 0.157. The fraction of sp³-hybridized carbons (Fsp3) is 0.536. The van der Waals surface area contributed by atoms with Crippen molar-refractivity contribution >= 4 is 29.8 Å². The molecule has 4 unspecified atom stereocenters. The Balaban J connectivity index is 1.75. The highest BCUT2D eigenvalue weighted by atomic mass is 16.8. The predicted octanol–water partition coefficient (Wildman–Crippen LogP) is 3.38. The maximum Gasteiger partial charge on any atom is 0.508 e. The minimum absolute atomic E-state index is 0.0572. The summed E-state index contributed by atoms with van der Waals surface area (Å²) >= 11 is 0. The van der Waals surface area contributed by atoms with Gasteiger partial charge in [0.1, 0.15) is 31.7 Å². The van der Waals surface area contributed by atoms with Crippen LogP contribution in [0, 0.1) is 0 Å². The molecule has 0 radical (unpaired) electrons. The number of carbonyl (C=O) groups is 3. The molecule has 0 amide bonds. The number of anilines is 2. The smallest absolute Gasteiger partial charge is 0.494 e. The molecule has 3 aliphatic rings. The molecular formula is C28H36N2O12. The fourth-order valence-corrected chi connectivity index (χ4v) is 4.68. The molecule has 3 aliphatic heterocycles. The molecule has 4 atom stereocenters. The Bertz CT molecular complexity index is 1130. The highest BCUT2D eigenvalue weighted by Gasteiger charge is 2.35. The van der Waals surface area contributed by atoms with Gasteiger partial charge in [-0.1, -0.05) is 6.58 Å². The Morgan fingerprint density at radius 2 is 1.48 bits per heavy atom. The summed E-state index contributed by atoms with van der Waals surface area (Å²) in [6, 6.07) is 5.51. The van der Waals surface area contributed by atoms with E-state index in [9.17, 15) is 14.4 Å². The molecule has 0 spiro atoms. The molecule has 1 aromatic carbocycles. The molecule has 14 heteroatoms. The Labute approximate surface area is 243 Å². The van der Waals surface area contributed by atoms with Crippen molar-refractivity contribution in [3.63, 3.8) is 0 Å². The molecular weight excluding hydrogens is 556 g/mol. The van der Waals surface area contributed by atoms with E-state index < -0.39 is 42.9 Å². The van der Waals surface area contributed by atoms with E-state index in [1.165, 1.54) is 6.26 Å². The Hall–Kier alpha value is -4.33. The van der Waals surface area contributed by atoms with Gasteiger partial charge >= 0.3 is 18.5 Å². The van der Waals surface area contributed by atoms with Gasteiger partial charge in [-0.15, -0.1) is 0 Å². The summed E-state index contributed by atoms with van der Waals surface area (Å²) in [5.74, 6) is 1.22. The van der Waals surface area contributed by atoms with E-state index in [0.717, 1.165) is 0 Å². The third-order valence-electron chi connectivity index (χ3n) is 6.60. The van der Waals surface area contributed by atoms with E-state index in [-0.39, 0.29) is 46.1 Å². The van der Waals surface area contributed by atoms with Crippen molar-refractivity contribution in [3.8, 4) is 5.75 Å². The number of carbonyl (C=O) groups excluding carboxylic acids is 3. The third kappa shape index (κ3) is 8.35. The van der Waals surface area contributed by atoms with Gasteiger partial charge in [0.05, 0.1) is 56.2 Å². The molecule has 3 fully saturated rings. The average molecular weight is 593 g/mol. The molecule has 3 saturated heterocycles. The zero-order chi connectivity index (χ0) is 30.1. The van der Waals surface area contributed by atoms with Crippen molar-refractivity contribution < 1.29 is 57.0 Å². The zero-order valence-corrected chi connectivity index (χ0v) is 23.9. The molecule has 0 N–H and O–H groups in total. The van der Waals surface area contributed by atoms with Gasteiger partial charge in [-0.2, -0.15) is 0 Å². The van der Waals surface area contributed by atoms with Gasteiger partial charge in [0, 0.05) is 13.2 Å².